The Morgan fingerprint density at radius 1 is 1.29 bits per heavy atom. The van der Waals surface area contributed by atoms with Crippen molar-refractivity contribution in [2.45, 2.75) is 11.9 Å². The van der Waals surface area contributed by atoms with Crippen LogP contribution in [0, 0.1) is 24.1 Å². The van der Waals surface area contributed by atoms with Gasteiger partial charge >= 0.3 is 0 Å². The summed E-state index contributed by atoms with van der Waals surface area (Å²) in [5, 5.41) is 12.6. The van der Waals surface area contributed by atoms with Gasteiger partial charge in [0.05, 0.1) is 17.5 Å². The van der Waals surface area contributed by atoms with Gasteiger partial charge in [-0.15, -0.1) is 0 Å². The molecule has 1 aliphatic heterocycles. The lowest BCUT2D eigenvalue weighted by atomic mass is 9.86. The highest BCUT2D eigenvalue weighted by atomic mass is 35.5. The summed E-state index contributed by atoms with van der Waals surface area (Å²) in [7, 11) is 0. The number of rotatable bonds is 2. The summed E-state index contributed by atoms with van der Waals surface area (Å²) in [4.78, 5) is 2.89. The maximum absolute atomic E-state index is 13.3. The minimum atomic E-state index is -1.29. The summed E-state index contributed by atoms with van der Waals surface area (Å²) in [6.07, 6.45) is 3.19. The number of nitriles is 1. The molecule has 3 N–H and O–H groups in total. The van der Waals surface area contributed by atoms with E-state index in [0.717, 1.165) is 11.3 Å². The monoisotopic (exact) mass is 340 g/mol. The Bertz CT molecular complexity index is 896. The molecule has 0 saturated carbocycles. The topological polar surface area (TPSA) is 74.7 Å². The number of allylic oxidation sites excluding steroid dienone is 2. The maximum Gasteiger partial charge on any atom is 0.167 e. The molecule has 2 aromatic rings. The van der Waals surface area contributed by atoms with Crippen LogP contribution in [0.4, 0.5) is 4.39 Å². The van der Waals surface area contributed by atoms with Gasteiger partial charge in [0.2, 0.25) is 0 Å². The lowest BCUT2D eigenvalue weighted by Gasteiger charge is -2.36. The molecule has 0 saturated heterocycles. The van der Waals surface area contributed by atoms with Crippen molar-refractivity contribution >= 4 is 17.2 Å². The fourth-order valence-electron chi connectivity index (χ4n) is 2.75. The molecule has 0 amide bonds. The third kappa shape index (κ3) is 2.72. The molecule has 1 aliphatic rings. The van der Waals surface area contributed by atoms with Crippen LogP contribution >= 0.6 is 11.6 Å². The van der Waals surface area contributed by atoms with Crippen LogP contribution in [0.5, 0.6) is 0 Å². The summed E-state index contributed by atoms with van der Waals surface area (Å²) in [5.41, 5.74) is 8.92. The molecule has 0 bridgehead atoms. The third-order valence-corrected chi connectivity index (χ3v) is 4.28. The van der Waals surface area contributed by atoms with Crippen molar-refractivity contribution in [1.29, 1.82) is 5.26 Å². The first-order valence-electron chi connectivity index (χ1n) is 7.22. The molecule has 1 unspecified atom stereocenters. The van der Waals surface area contributed by atoms with Gasteiger partial charge in [0, 0.05) is 17.5 Å². The van der Waals surface area contributed by atoms with E-state index >= 15 is 0 Å². The predicted octanol–water partition coefficient (Wildman–Crippen LogP) is 3.30. The Morgan fingerprint density at radius 3 is 2.62 bits per heavy atom. The Morgan fingerprint density at radius 2 is 2.00 bits per heavy atom. The zero-order valence-electron chi connectivity index (χ0n) is 12.8. The van der Waals surface area contributed by atoms with Crippen LogP contribution in [0.3, 0.4) is 0 Å². The number of aryl methyl sites for hydroxylation is 1. The molecule has 0 spiro atoms. The zero-order valence-corrected chi connectivity index (χ0v) is 13.6. The molecule has 120 valence electrons. The quantitative estimate of drug-likeness (QED) is 0.649. The third-order valence-electron chi connectivity index (χ3n) is 3.78. The highest BCUT2D eigenvalue weighted by Gasteiger charge is 2.39. The van der Waals surface area contributed by atoms with Crippen molar-refractivity contribution in [2.24, 2.45) is 5.73 Å². The maximum atomic E-state index is 13.3. The van der Waals surface area contributed by atoms with E-state index < -0.39 is 5.00 Å². The number of nitrogens with one attached hydrogen (secondary N) is 1. The molecule has 6 heteroatoms. The number of dihydropyridines is 1. The van der Waals surface area contributed by atoms with Crippen molar-refractivity contribution in [3.05, 3.63) is 82.7 Å². The van der Waals surface area contributed by atoms with Crippen LogP contribution in [-0.2, 0) is 5.00 Å². The molecule has 3 rings (SSSR count). The van der Waals surface area contributed by atoms with E-state index in [2.05, 4.69) is 16.4 Å². The summed E-state index contributed by atoms with van der Waals surface area (Å²) in [6, 6.07) is 11.5. The number of halogens is 2. The van der Waals surface area contributed by atoms with Gasteiger partial charge in [0.15, 0.2) is 5.00 Å². The zero-order chi connectivity index (χ0) is 17.3. The Kier molecular flexibility index (Phi) is 4.00. The molecule has 0 fully saturated rings. The van der Waals surface area contributed by atoms with E-state index in [0.29, 0.717) is 16.7 Å². The molecular formula is C18H14ClFN4. The molecule has 1 aromatic heterocycles. The first kappa shape index (κ1) is 16.0. The minimum absolute atomic E-state index is 0.264. The highest BCUT2D eigenvalue weighted by molar-refractivity contribution is 6.30. The largest absolute Gasteiger partial charge is 0.385 e. The van der Waals surface area contributed by atoms with Crippen LogP contribution in [0.25, 0.3) is 5.57 Å². The lowest BCUT2D eigenvalue weighted by molar-refractivity contribution is 0.616. The first-order chi connectivity index (χ1) is 11.4. The Labute approximate surface area is 144 Å². The van der Waals surface area contributed by atoms with Gasteiger partial charge in [-0.2, -0.15) is 5.26 Å². The van der Waals surface area contributed by atoms with E-state index in [1.165, 1.54) is 18.2 Å². The van der Waals surface area contributed by atoms with Crippen LogP contribution in [0.15, 0.2) is 60.1 Å². The van der Waals surface area contributed by atoms with Crippen molar-refractivity contribution in [3.63, 3.8) is 0 Å². The number of aromatic nitrogens is 1. The van der Waals surface area contributed by atoms with Crippen LogP contribution in [0.2, 0.25) is 0 Å². The van der Waals surface area contributed by atoms with E-state index in [-0.39, 0.29) is 11.6 Å². The average molecular weight is 341 g/mol. The second-order valence-electron chi connectivity index (χ2n) is 5.48. The summed E-state index contributed by atoms with van der Waals surface area (Å²) in [5.74, 6) is -0.107. The molecule has 2 heterocycles. The Hall–Kier alpha value is -2.84. The number of nitrogens with zero attached hydrogens (tertiary/aromatic N) is 2. The van der Waals surface area contributed by atoms with Gasteiger partial charge in [0.1, 0.15) is 5.82 Å². The number of alkyl halides is 1. The fourth-order valence-corrected chi connectivity index (χ4v) is 3.20. The van der Waals surface area contributed by atoms with E-state index in [1.807, 2.05) is 13.0 Å². The standard InChI is InChI=1S/C18H14ClFN4/c1-11-8-12(6-7-23-11)17-13(10-21)9-16(22)24-18(17,19)14-2-4-15(20)5-3-14/h2-9,24H,22H2,1H3. The molecule has 1 atom stereocenters. The molecule has 4 nitrogen and oxygen atoms in total. The van der Waals surface area contributed by atoms with Crippen LogP contribution in [0.1, 0.15) is 16.8 Å². The second kappa shape index (κ2) is 5.99. The van der Waals surface area contributed by atoms with E-state index in [4.69, 9.17) is 17.3 Å². The second-order valence-corrected chi connectivity index (χ2v) is 6.04. The van der Waals surface area contributed by atoms with Crippen molar-refractivity contribution in [2.75, 3.05) is 0 Å². The van der Waals surface area contributed by atoms with Crippen LogP contribution in [-0.4, -0.2) is 4.98 Å². The summed E-state index contributed by atoms with van der Waals surface area (Å²) >= 11 is 6.89. The molecular weight excluding hydrogens is 327 g/mol. The molecule has 0 aliphatic carbocycles. The normalized spacial score (nSPS) is 20.2. The average Bonchev–Trinajstić information content (AvgIpc) is 2.54. The van der Waals surface area contributed by atoms with Crippen molar-refractivity contribution < 1.29 is 4.39 Å². The van der Waals surface area contributed by atoms with Crippen LogP contribution < -0.4 is 11.1 Å². The summed E-state index contributed by atoms with van der Waals surface area (Å²) < 4.78 is 13.3. The van der Waals surface area contributed by atoms with Gasteiger partial charge in [-0.1, -0.05) is 23.7 Å². The SMILES string of the molecule is Cc1cc(C2=C(C#N)C=C(N)NC2(Cl)c2ccc(F)cc2)ccn1. The van der Waals surface area contributed by atoms with Crippen molar-refractivity contribution in [3.8, 4) is 6.07 Å². The number of nitrogens with two attached hydrogens (primary N) is 1. The highest BCUT2D eigenvalue weighted by Crippen LogP contribution is 2.44. The minimum Gasteiger partial charge on any atom is -0.385 e. The number of benzene rings is 1. The van der Waals surface area contributed by atoms with Gasteiger partial charge in [-0.3, -0.25) is 4.98 Å². The van der Waals surface area contributed by atoms with E-state index in [9.17, 15) is 9.65 Å². The molecule has 0 radical (unpaired) electrons. The van der Waals surface area contributed by atoms with Gasteiger partial charge < -0.3 is 11.1 Å². The van der Waals surface area contributed by atoms with E-state index in [1.54, 1.807) is 24.4 Å². The smallest absolute Gasteiger partial charge is 0.167 e. The fraction of sp³-hybridized carbons (Fsp3) is 0.111. The Balaban J connectivity index is 2.28. The molecule has 1 aromatic carbocycles. The number of hydrogen-bond donors (Lipinski definition) is 2. The van der Waals surface area contributed by atoms with Gasteiger partial charge in [0.25, 0.3) is 0 Å². The lowest BCUT2D eigenvalue weighted by Crippen LogP contribution is -2.43. The van der Waals surface area contributed by atoms with Gasteiger partial charge in [-0.05, 0) is 48.4 Å². The summed E-state index contributed by atoms with van der Waals surface area (Å²) in [6.45, 7) is 1.85. The number of pyridine rings is 1. The molecule has 24 heavy (non-hydrogen) atoms. The number of hydrogen-bond acceptors (Lipinski definition) is 4. The van der Waals surface area contributed by atoms with Crippen molar-refractivity contribution in [1.82, 2.24) is 10.3 Å². The van der Waals surface area contributed by atoms with Gasteiger partial charge in [-0.25, -0.2) is 4.39 Å². The first-order valence-corrected chi connectivity index (χ1v) is 7.60. The predicted molar refractivity (Wildman–Crippen MR) is 90.8 cm³/mol.